The Bertz CT molecular complexity index is 1420. The van der Waals surface area contributed by atoms with Crippen molar-refractivity contribution in [2.45, 2.75) is 45.4 Å². The molecular formula is C34H38N4O5. The molecule has 9 heteroatoms. The van der Waals surface area contributed by atoms with Crippen molar-refractivity contribution in [3.63, 3.8) is 0 Å². The molecule has 1 atom stereocenters. The van der Waals surface area contributed by atoms with E-state index in [4.69, 9.17) is 14.2 Å². The first-order valence-corrected chi connectivity index (χ1v) is 14.3. The first kappa shape index (κ1) is 32.6. The summed E-state index contributed by atoms with van der Waals surface area (Å²) in [6, 6.07) is 20.8. The summed E-state index contributed by atoms with van der Waals surface area (Å²) in [7, 11) is 0. The van der Waals surface area contributed by atoms with Crippen molar-refractivity contribution in [2.24, 2.45) is 20.5 Å². The van der Waals surface area contributed by atoms with Gasteiger partial charge in [-0.05, 0) is 104 Å². The molecule has 0 heterocycles. The number of hydrogen-bond donors (Lipinski definition) is 0. The molecule has 3 aromatic rings. The summed E-state index contributed by atoms with van der Waals surface area (Å²) >= 11 is 0. The largest absolute Gasteiger partial charge is 0.494 e. The van der Waals surface area contributed by atoms with Crippen LogP contribution in [0.4, 0.5) is 22.7 Å². The zero-order chi connectivity index (χ0) is 30.9. The van der Waals surface area contributed by atoms with Crippen molar-refractivity contribution < 1.29 is 23.8 Å². The van der Waals surface area contributed by atoms with E-state index < -0.39 is 11.9 Å². The Labute approximate surface area is 253 Å². The number of unbranched alkanes of at least 4 members (excludes halogenated alkanes) is 1. The van der Waals surface area contributed by atoms with Crippen LogP contribution < -0.4 is 4.74 Å². The van der Waals surface area contributed by atoms with Gasteiger partial charge in [0.15, 0.2) is 0 Å². The lowest BCUT2D eigenvalue weighted by Crippen LogP contribution is -2.07. The van der Waals surface area contributed by atoms with Gasteiger partial charge >= 0.3 is 11.9 Å². The lowest BCUT2D eigenvalue weighted by molar-refractivity contribution is -0.138. The van der Waals surface area contributed by atoms with E-state index in [0.29, 0.717) is 36.9 Å². The summed E-state index contributed by atoms with van der Waals surface area (Å²) in [6.45, 7) is 12.2. The summed E-state index contributed by atoms with van der Waals surface area (Å²) < 4.78 is 15.8. The van der Waals surface area contributed by atoms with Gasteiger partial charge < -0.3 is 14.2 Å². The number of carbonyl (C=O) groups is 2. The third-order valence-electron chi connectivity index (χ3n) is 6.52. The minimum atomic E-state index is -0.412. The van der Waals surface area contributed by atoms with E-state index in [1.807, 2.05) is 61.5 Å². The highest BCUT2D eigenvalue weighted by molar-refractivity contribution is 5.81. The Morgan fingerprint density at radius 3 is 1.84 bits per heavy atom. The molecule has 0 radical (unpaired) electrons. The molecule has 0 aliphatic heterocycles. The van der Waals surface area contributed by atoms with Crippen LogP contribution in [0.15, 0.2) is 112 Å². The molecule has 1 unspecified atom stereocenters. The maximum Gasteiger partial charge on any atom is 0.330 e. The number of carbonyl (C=O) groups excluding carboxylic acids is 2. The monoisotopic (exact) mass is 582 g/mol. The van der Waals surface area contributed by atoms with E-state index >= 15 is 0 Å². The number of nitrogens with zero attached hydrogens (tertiary/aromatic N) is 4. The normalized spacial score (nSPS) is 11.8. The predicted octanol–water partition coefficient (Wildman–Crippen LogP) is 9.33. The second-order valence-electron chi connectivity index (χ2n) is 9.65. The first-order valence-electron chi connectivity index (χ1n) is 14.3. The van der Waals surface area contributed by atoms with Gasteiger partial charge in [0, 0.05) is 12.2 Å². The van der Waals surface area contributed by atoms with Crippen molar-refractivity contribution >= 4 is 34.7 Å². The quantitative estimate of drug-likeness (QED) is 0.0681. The SMILES string of the molecule is C=CC(=O)OCCCCOc1ccc(N=Nc2ccc(N=Nc3ccc(C(CC)CCOC(=O)C=C)cc3C)cc2)cc1. The van der Waals surface area contributed by atoms with E-state index in [9.17, 15) is 9.59 Å². The van der Waals surface area contributed by atoms with Crippen LogP contribution in [0.3, 0.4) is 0 Å². The van der Waals surface area contributed by atoms with Gasteiger partial charge in [-0.15, -0.1) is 0 Å². The first-order chi connectivity index (χ1) is 20.9. The van der Waals surface area contributed by atoms with E-state index in [-0.39, 0.29) is 5.92 Å². The van der Waals surface area contributed by atoms with E-state index in [1.54, 1.807) is 0 Å². The molecule has 0 saturated carbocycles. The Hall–Kier alpha value is -4.92. The lowest BCUT2D eigenvalue weighted by Gasteiger charge is -2.16. The van der Waals surface area contributed by atoms with Gasteiger partial charge in [-0.1, -0.05) is 32.2 Å². The third kappa shape index (κ3) is 11.5. The fourth-order valence-corrected chi connectivity index (χ4v) is 4.06. The third-order valence-corrected chi connectivity index (χ3v) is 6.52. The Kier molecular flexibility index (Phi) is 13.5. The summed E-state index contributed by atoms with van der Waals surface area (Å²) in [5.41, 5.74) is 5.11. The summed E-state index contributed by atoms with van der Waals surface area (Å²) in [6.07, 6.45) is 5.51. The number of benzene rings is 3. The van der Waals surface area contributed by atoms with Crippen LogP contribution in [0.25, 0.3) is 0 Å². The van der Waals surface area contributed by atoms with Gasteiger partial charge in [-0.2, -0.15) is 20.5 Å². The van der Waals surface area contributed by atoms with Gasteiger partial charge in [0.1, 0.15) is 5.75 Å². The summed E-state index contributed by atoms with van der Waals surface area (Å²) in [5.74, 6) is 0.211. The number of azo groups is 2. The Balaban J connectivity index is 1.47. The van der Waals surface area contributed by atoms with E-state index in [2.05, 4.69) is 52.7 Å². The highest BCUT2D eigenvalue weighted by atomic mass is 16.5. The van der Waals surface area contributed by atoms with Crippen LogP contribution in [-0.4, -0.2) is 31.8 Å². The zero-order valence-corrected chi connectivity index (χ0v) is 24.8. The van der Waals surface area contributed by atoms with E-state index in [1.165, 1.54) is 11.6 Å². The van der Waals surface area contributed by atoms with Gasteiger partial charge in [-0.3, -0.25) is 0 Å². The number of aryl methyl sites for hydroxylation is 1. The minimum Gasteiger partial charge on any atom is -0.494 e. The molecule has 43 heavy (non-hydrogen) atoms. The maximum absolute atomic E-state index is 11.3. The molecule has 0 aromatic heterocycles. The topological polar surface area (TPSA) is 111 Å². The smallest absolute Gasteiger partial charge is 0.330 e. The molecule has 0 fully saturated rings. The molecule has 9 nitrogen and oxygen atoms in total. The van der Waals surface area contributed by atoms with Crippen LogP contribution in [-0.2, 0) is 19.1 Å². The van der Waals surface area contributed by atoms with Crippen LogP contribution in [0.2, 0.25) is 0 Å². The maximum atomic E-state index is 11.3. The molecule has 0 aliphatic rings. The lowest BCUT2D eigenvalue weighted by atomic mass is 9.92. The van der Waals surface area contributed by atoms with Crippen molar-refractivity contribution in [1.82, 2.24) is 0 Å². The Morgan fingerprint density at radius 2 is 1.28 bits per heavy atom. The molecule has 0 bridgehead atoms. The fourth-order valence-electron chi connectivity index (χ4n) is 4.06. The number of rotatable bonds is 17. The predicted molar refractivity (Wildman–Crippen MR) is 167 cm³/mol. The van der Waals surface area contributed by atoms with Gasteiger partial charge in [0.25, 0.3) is 0 Å². The molecule has 0 spiro atoms. The van der Waals surface area contributed by atoms with Crippen LogP contribution in [0, 0.1) is 6.92 Å². The zero-order valence-electron chi connectivity index (χ0n) is 24.8. The molecule has 0 N–H and O–H groups in total. The number of hydrogen-bond acceptors (Lipinski definition) is 9. The fraction of sp³-hybridized carbons (Fsp3) is 0.294. The molecule has 3 aromatic carbocycles. The van der Waals surface area contributed by atoms with E-state index in [0.717, 1.165) is 48.8 Å². The summed E-state index contributed by atoms with van der Waals surface area (Å²) in [5, 5.41) is 17.4. The minimum absolute atomic E-state index is 0.286. The molecule has 0 aliphatic carbocycles. The average molecular weight is 583 g/mol. The highest BCUT2D eigenvalue weighted by Crippen LogP contribution is 2.30. The van der Waals surface area contributed by atoms with Crippen LogP contribution in [0.1, 0.15) is 49.7 Å². The molecular weight excluding hydrogens is 544 g/mol. The second-order valence-corrected chi connectivity index (χ2v) is 9.65. The van der Waals surface area contributed by atoms with Crippen molar-refractivity contribution in [3.05, 3.63) is 103 Å². The van der Waals surface area contributed by atoms with Crippen molar-refractivity contribution in [3.8, 4) is 5.75 Å². The van der Waals surface area contributed by atoms with Gasteiger partial charge in [0.05, 0.1) is 42.6 Å². The van der Waals surface area contributed by atoms with Crippen LogP contribution in [0.5, 0.6) is 5.75 Å². The average Bonchev–Trinajstić information content (AvgIpc) is 3.04. The second kappa shape index (κ2) is 17.8. The van der Waals surface area contributed by atoms with Gasteiger partial charge in [-0.25, -0.2) is 9.59 Å². The van der Waals surface area contributed by atoms with Gasteiger partial charge in [0.2, 0.25) is 0 Å². The molecule has 0 saturated heterocycles. The number of esters is 2. The highest BCUT2D eigenvalue weighted by Gasteiger charge is 2.12. The van der Waals surface area contributed by atoms with Crippen molar-refractivity contribution in [2.75, 3.05) is 19.8 Å². The number of ether oxygens (including phenoxy) is 3. The molecule has 224 valence electrons. The molecule has 0 amide bonds. The standard InChI is InChI=1S/C34H38N4O5/c1-5-26(20-23-43-34(40)7-3)27-10-19-32(25(4)24-27)38-37-29-13-11-28(12-14-29)35-36-30-15-17-31(18-16-30)41-21-8-9-22-42-33(39)6-2/h6-7,10-19,24,26H,2-3,5,8-9,20-23H2,1,4H3. The summed E-state index contributed by atoms with van der Waals surface area (Å²) in [4.78, 5) is 22.3. The Morgan fingerprint density at radius 1 is 0.744 bits per heavy atom. The molecule has 3 rings (SSSR count). The van der Waals surface area contributed by atoms with Crippen LogP contribution >= 0.6 is 0 Å². The van der Waals surface area contributed by atoms with Crippen molar-refractivity contribution in [1.29, 1.82) is 0 Å².